The summed E-state index contributed by atoms with van der Waals surface area (Å²) in [5.74, 6) is -1.34. The Balaban J connectivity index is 4.62. The van der Waals surface area contributed by atoms with Crippen molar-refractivity contribution < 1.29 is 28.6 Å². The molecule has 0 spiro atoms. The van der Waals surface area contributed by atoms with Crippen molar-refractivity contribution in [3.63, 3.8) is 0 Å². The topological polar surface area (TPSA) is 90.9 Å². The van der Waals surface area contributed by atoms with E-state index in [1.54, 1.807) is 34.6 Å². The number of rotatable bonds is 5. The summed E-state index contributed by atoms with van der Waals surface area (Å²) in [7, 11) is 1.17. The highest BCUT2D eigenvalue weighted by Gasteiger charge is 2.28. The molecular weight excluding hydrogens is 266 g/mol. The summed E-state index contributed by atoms with van der Waals surface area (Å²) in [5.41, 5.74) is -0.705. The van der Waals surface area contributed by atoms with Crippen molar-refractivity contribution in [3.8, 4) is 0 Å². The molecule has 0 aliphatic heterocycles. The Bertz CT molecular complexity index is 358. The zero-order valence-corrected chi connectivity index (χ0v) is 12.8. The lowest BCUT2D eigenvalue weighted by Gasteiger charge is -2.22. The molecule has 0 radical (unpaired) electrons. The van der Waals surface area contributed by atoms with Gasteiger partial charge in [-0.2, -0.15) is 0 Å². The van der Waals surface area contributed by atoms with Gasteiger partial charge < -0.3 is 19.5 Å². The van der Waals surface area contributed by atoms with Crippen LogP contribution in [0.15, 0.2) is 0 Å². The van der Waals surface area contributed by atoms with E-state index in [-0.39, 0.29) is 12.5 Å². The van der Waals surface area contributed by atoms with Gasteiger partial charge in [0.05, 0.1) is 19.6 Å². The van der Waals surface area contributed by atoms with Gasteiger partial charge in [-0.3, -0.25) is 4.79 Å². The normalized spacial score (nSPS) is 12.6. The maximum atomic E-state index is 11.6. The average molecular weight is 289 g/mol. The van der Waals surface area contributed by atoms with Gasteiger partial charge in [0, 0.05) is 0 Å². The van der Waals surface area contributed by atoms with Gasteiger partial charge in [0.2, 0.25) is 0 Å². The number of hydrogen-bond donors (Lipinski definition) is 1. The lowest BCUT2D eigenvalue weighted by molar-refractivity contribution is -0.153. The number of methoxy groups -OCH3 is 1. The Labute approximate surface area is 118 Å². The van der Waals surface area contributed by atoms with Gasteiger partial charge in [0.1, 0.15) is 11.6 Å². The number of alkyl carbamates (subject to hydrolysis) is 1. The third-order valence-electron chi connectivity index (χ3n) is 1.91. The van der Waals surface area contributed by atoms with Crippen LogP contribution in [0.3, 0.4) is 0 Å². The fourth-order valence-electron chi connectivity index (χ4n) is 1.26. The van der Waals surface area contributed by atoms with E-state index in [2.05, 4.69) is 10.1 Å². The van der Waals surface area contributed by atoms with Crippen LogP contribution in [0.2, 0.25) is 0 Å². The molecule has 0 aliphatic carbocycles. The molecule has 0 saturated carbocycles. The number of hydrogen-bond acceptors (Lipinski definition) is 6. The van der Waals surface area contributed by atoms with E-state index in [1.807, 2.05) is 0 Å². The van der Waals surface area contributed by atoms with Crippen molar-refractivity contribution in [2.45, 2.75) is 58.8 Å². The molecule has 1 atom stereocenters. The maximum absolute atomic E-state index is 11.6. The second kappa shape index (κ2) is 7.72. The van der Waals surface area contributed by atoms with Crippen LogP contribution in [-0.4, -0.2) is 42.9 Å². The van der Waals surface area contributed by atoms with E-state index in [0.29, 0.717) is 0 Å². The summed E-state index contributed by atoms with van der Waals surface area (Å²) in [4.78, 5) is 34.7. The molecule has 0 bridgehead atoms. The highest BCUT2D eigenvalue weighted by Crippen LogP contribution is 2.08. The SMILES string of the molecule is COC(=O)[C@H](CC(=O)OC(C)C)NC(=O)OC(C)(C)C. The zero-order chi connectivity index (χ0) is 15.9. The summed E-state index contributed by atoms with van der Waals surface area (Å²) in [6.45, 7) is 8.44. The number of carbonyl (C=O) groups excluding carboxylic acids is 3. The minimum Gasteiger partial charge on any atom is -0.467 e. The Hall–Kier alpha value is -1.79. The molecule has 20 heavy (non-hydrogen) atoms. The first-order valence-electron chi connectivity index (χ1n) is 6.32. The van der Waals surface area contributed by atoms with Crippen LogP contribution in [0.1, 0.15) is 41.0 Å². The summed E-state index contributed by atoms with van der Waals surface area (Å²) in [6, 6.07) is -1.14. The molecule has 7 nitrogen and oxygen atoms in total. The van der Waals surface area contributed by atoms with Gasteiger partial charge in [-0.1, -0.05) is 0 Å². The molecule has 0 aromatic carbocycles. The van der Waals surface area contributed by atoms with E-state index < -0.39 is 29.7 Å². The van der Waals surface area contributed by atoms with Crippen LogP contribution in [0.5, 0.6) is 0 Å². The minimum absolute atomic E-state index is 0.303. The van der Waals surface area contributed by atoms with E-state index >= 15 is 0 Å². The third kappa shape index (κ3) is 8.34. The van der Waals surface area contributed by atoms with E-state index in [0.717, 1.165) is 0 Å². The molecule has 0 saturated heterocycles. The van der Waals surface area contributed by atoms with Crippen LogP contribution >= 0.6 is 0 Å². The molecule has 116 valence electrons. The van der Waals surface area contributed by atoms with Crippen LogP contribution in [-0.2, 0) is 23.8 Å². The fourth-order valence-corrected chi connectivity index (χ4v) is 1.26. The molecule has 0 fully saturated rings. The molecule has 0 unspecified atom stereocenters. The van der Waals surface area contributed by atoms with Gasteiger partial charge >= 0.3 is 18.0 Å². The predicted octanol–water partition coefficient (Wildman–Crippen LogP) is 1.39. The van der Waals surface area contributed by atoms with Crippen molar-refractivity contribution >= 4 is 18.0 Å². The molecule has 1 N–H and O–H groups in total. The standard InChI is InChI=1S/C13H23NO6/c1-8(2)19-10(15)7-9(11(16)18-6)14-12(17)20-13(3,4)5/h8-9H,7H2,1-6H3,(H,14,17)/t9-/m0/s1. The van der Waals surface area contributed by atoms with E-state index in [4.69, 9.17) is 9.47 Å². The minimum atomic E-state index is -1.14. The summed E-state index contributed by atoms with van der Waals surface area (Å²) >= 11 is 0. The molecule has 0 rings (SSSR count). The van der Waals surface area contributed by atoms with Gasteiger partial charge in [-0.25, -0.2) is 9.59 Å². The summed E-state index contributed by atoms with van der Waals surface area (Å²) in [6.07, 6.45) is -1.42. The first-order chi connectivity index (χ1) is 9.05. The quantitative estimate of drug-likeness (QED) is 0.607. The monoisotopic (exact) mass is 289 g/mol. The number of esters is 2. The van der Waals surface area contributed by atoms with Crippen molar-refractivity contribution in [3.05, 3.63) is 0 Å². The van der Waals surface area contributed by atoms with Crippen molar-refractivity contribution in [2.75, 3.05) is 7.11 Å². The molecule has 0 heterocycles. The smallest absolute Gasteiger partial charge is 0.408 e. The van der Waals surface area contributed by atoms with Gasteiger partial charge in [-0.15, -0.1) is 0 Å². The Kier molecular flexibility index (Phi) is 7.02. The maximum Gasteiger partial charge on any atom is 0.408 e. The van der Waals surface area contributed by atoms with Crippen molar-refractivity contribution in [1.82, 2.24) is 5.32 Å². The van der Waals surface area contributed by atoms with E-state index in [1.165, 1.54) is 7.11 Å². The molecule has 0 aromatic rings. The number of nitrogens with one attached hydrogen (secondary N) is 1. The first kappa shape index (κ1) is 18.2. The van der Waals surface area contributed by atoms with Crippen LogP contribution < -0.4 is 5.32 Å². The highest BCUT2D eigenvalue weighted by atomic mass is 16.6. The largest absolute Gasteiger partial charge is 0.467 e. The van der Waals surface area contributed by atoms with Crippen molar-refractivity contribution in [1.29, 1.82) is 0 Å². The van der Waals surface area contributed by atoms with Gasteiger partial charge in [-0.05, 0) is 34.6 Å². The van der Waals surface area contributed by atoms with Crippen molar-refractivity contribution in [2.24, 2.45) is 0 Å². The number of amides is 1. The lowest BCUT2D eigenvalue weighted by atomic mass is 10.2. The molecular formula is C13H23NO6. The number of ether oxygens (including phenoxy) is 3. The summed E-state index contributed by atoms with van der Waals surface area (Å²) in [5, 5.41) is 2.29. The lowest BCUT2D eigenvalue weighted by Crippen LogP contribution is -2.45. The Morgan fingerprint density at radius 3 is 2.10 bits per heavy atom. The van der Waals surface area contributed by atoms with Crippen LogP contribution in [0.4, 0.5) is 4.79 Å². The fraction of sp³-hybridized carbons (Fsp3) is 0.769. The molecule has 0 aromatic heterocycles. The van der Waals surface area contributed by atoms with Crippen LogP contribution in [0.25, 0.3) is 0 Å². The predicted molar refractivity (Wildman–Crippen MR) is 71.0 cm³/mol. The second-order valence-corrected chi connectivity index (χ2v) is 5.46. The zero-order valence-electron chi connectivity index (χ0n) is 12.8. The third-order valence-corrected chi connectivity index (χ3v) is 1.91. The molecule has 7 heteroatoms. The molecule has 0 aliphatic rings. The summed E-state index contributed by atoms with van der Waals surface area (Å²) < 4.78 is 14.5. The van der Waals surface area contributed by atoms with E-state index in [9.17, 15) is 14.4 Å². The first-order valence-corrected chi connectivity index (χ1v) is 6.32. The Morgan fingerprint density at radius 2 is 1.70 bits per heavy atom. The van der Waals surface area contributed by atoms with Gasteiger partial charge in [0.25, 0.3) is 0 Å². The van der Waals surface area contributed by atoms with Crippen LogP contribution in [0, 0.1) is 0 Å². The second-order valence-electron chi connectivity index (χ2n) is 5.46. The molecule has 1 amide bonds. The highest BCUT2D eigenvalue weighted by molar-refractivity contribution is 5.86. The number of carbonyl (C=O) groups is 3. The average Bonchev–Trinajstić information content (AvgIpc) is 2.23. The van der Waals surface area contributed by atoms with Gasteiger partial charge in [0.15, 0.2) is 0 Å². The Morgan fingerprint density at radius 1 is 1.15 bits per heavy atom.